The van der Waals surface area contributed by atoms with Crippen molar-refractivity contribution >= 4 is 22.4 Å². The average molecular weight is 443 g/mol. The summed E-state index contributed by atoms with van der Waals surface area (Å²) in [5.74, 6) is 1.37. The Morgan fingerprint density at radius 2 is 1.84 bits per heavy atom. The van der Waals surface area contributed by atoms with Crippen LogP contribution < -0.4 is 10.2 Å². The maximum absolute atomic E-state index is 13.4. The molecule has 3 aliphatic rings. The number of anilines is 2. The Bertz CT molecular complexity index is 1170. The number of piperidine rings is 1. The molecule has 0 saturated carbocycles. The van der Waals surface area contributed by atoms with E-state index in [-0.39, 0.29) is 17.8 Å². The van der Waals surface area contributed by atoms with E-state index in [0.29, 0.717) is 11.4 Å². The molecule has 1 N–H and O–H groups in total. The van der Waals surface area contributed by atoms with Gasteiger partial charge in [0.15, 0.2) is 5.82 Å². The first-order valence-electron chi connectivity index (χ1n) is 10.7. The fourth-order valence-corrected chi connectivity index (χ4v) is 4.70. The minimum Gasteiger partial charge on any atom is -0.371 e. The second kappa shape index (κ2) is 7.58. The highest BCUT2D eigenvalue weighted by Crippen LogP contribution is 2.36. The minimum atomic E-state index is -4.39. The molecule has 5 heterocycles. The molecule has 3 atom stereocenters. The van der Waals surface area contributed by atoms with Crippen LogP contribution in [0, 0.1) is 13.8 Å². The summed E-state index contributed by atoms with van der Waals surface area (Å²) in [6.07, 6.45) is -0.999. The van der Waals surface area contributed by atoms with Crippen molar-refractivity contribution in [2.75, 3.05) is 23.3 Å². The predicted octanol–water partition coefficient (Wildman–Crippen LogP) is 4.81. The number of hydrogen-bond acceptors (Lipinski definition) is 6. The van der Waals surface area contributed by atoms with Crippen molar-refractivity contribution < 1.29 is 17.9 Å². The van der Waals surface area contributed by atoms with E-state index in [1.165, 1.54) is 13.0 Å². The molecule has 168 valence electrons. The fraction of sp³-hybridized carbons (Fsp3) is 0.435. The van der Waals surface area contributed by atoms with Gasteiger partial charge in [0.05, 0.1) is 29.5 Å². The lowest BCUT2D eigenvalue weighted by atomic mass is 9.97. The number of pyridine rings is 1. The van der Waals surface area contributed by atoms with Crippen molar-refractivity contribution in [2.45, 2.75) is 51.6 Å². The van der Waals surface area contributed by atoms with E-state index in [9.17, 15) is 13.2 Å². The monoisotopic (exact) mass is 443 g/mol. The molecule has 3 unspecified atom stereocenters. The maximum atomic E-state index is 13.4. The molecule has 0 amide bonds. The summed E-state index contributed by atoms with van der Waals surface area (Å²) in [6, 6.07) is 5.84. The van der Waals surface area contributed by atoms with Gasteiger partial charge in [-0.25, -0.2) is 4.98 Å². The predicted molar refractivity (Wildman–Crippen MR) is 116 cm³/mol. The van der Waals surface area contributed by atoms with E-state index in [4.69, 9.17) is 4.74 Å². The number of morpholine rings is 1. The number of rotatable bonds is 4. The number of ether oxygens (including phenoxy) is 1. The highest BCUT2D eigenvalue weighted by atomic mass is 19.4. The molecule has 3 aromatic rings. The van der Waals surface area contributed by atoms with Gasteiger partial charge in [-0.1, -0.05) is 12.1 Å². The van der Waals surface area contributed by atoms with Crippen LogP contribution in [0.1, 0.15) is 41.8 Å². The summed E-state index contributed by atoms with van der Waals surface area (Å²) in [7, 11) is 0. The SMILES string of the molecule is Cc1c(C(C)Nc2nnc(C)c3cnc(N4CC5CC(C4)O5)cc23)cccc1C(F)(F)F. The van der Waals surface area contributed by atoms with Crippen LogP contribution in [0.2, 0.25) is 0 Å². The van der Waals surface area contributed by atoms with Crippen LogP contribution in [-0.2, 0) is 10.9 Å². The zero-order chi connectivity index (χ0) is 22.6. The molecule has 0 spiro atoms. The third kappa shape index (κ3) is 3.64. The van der Waals surface area contributed by atoms with E-state index >= 15 is 0 Å². The standard InChI is InChI=1S/C23H24F3N5O/c1-12-17(5-4-6-20(12)23(24,25)26)13(2)28-22-18-8-21(27-9-19(18)14(3)29-30-22)31-10-15-7-16(11-31)32-15/h4-6,8-9,13,15-16H,7,10-11H2,1-3H3,(H,28,30). The summed E-state index contributed by atoms with van der Waals surface area (Å²) in [6.45, 7) is 6.80. The molecule has 2 bridgehead atoms. The lowest BCUT2D eigenvalue weighted by molar-refractivity contribution is -0.138. The van der Waals surface area contributed by atoms with Gasteiger partial charge in [0.2, 0.25) is 0 Å². The number of aryl methyl sites for hydroxylation is 1. The summed E-state index contributed by atoms with van der Waals surface area (Å²) >= 11 is 0. The Kier molecular flexibility index (Phi) is 4.96. The number of nitrogens with zero attached hydrogens (tertiary/aromatic N) is 4. The Morgan fingerprint density at radius 3 is 2.53 bits per heavy atom. The zero-order valence-electron chi connectivity index (χ0n) is 18.1. The lowest BCUT2D eigenvalue weighted by Gasteiger charge is -2.47. The van der Waals surface area contributed by atoms with Crippen molar-refractivity contribution in [3.8, 4) is 0 Å². The molecular weight excluding hydrogens is 419 g/mol. The third-order valence-corrected chi connectivity index (χ3v) is 6.42. The summed E-state index contributed by atoms with van der Waals surface area (Å²) in [4.78, 5) is 6.84. The smallest absolute Gasteiger partial charge is 0.371 e. The molecule has 3 aliphatic heterocycles. The van der Waals surface area contributed by atoms with Crippen molar-refractivity contribution in [3.63, 3.8) is 0 Å². The third-order valence-electron chi connectivity index (χ3n) is 6.42. The normalized spacial score (nSPS) is 21.4. The fourth-order valence-electron chi connectivity index (χ4n) is 4.70. The summed E-state index contributed by atoms with van der Waals surface area (Å²) in [5, 5.41) is 13.5. The first kappa shape index (κ1) is 20.9. The molecule has 3 saturated heterocycles. The first-order chi connectivity index (χ1) is 15.2. The number of nitrogens with one attached hydrogen (secondary N) is 1. The van der Waals surface area contributed by atoms with Gasteiger partial charge in [0.1, 0.15) is 5.82 Å². The molecular formula is C23H24F3N5O. The highest BCUT2D eigenvalue weighted by Gasteiger charge is 2.39. The van der Waals surface area contributed by atoms with E-state index in [1.807, 2.05) is 19.9 Å². The van der Waals surface area contributed by atoms with Crippen molar-refractivity contribution in [1.29, 1.82) is 0 Å². The molecule has 6 nitrogen and oxygen atoms in total. The van der Waals surface area contributed by atoms with E-state index in [1.54, 1.807) is 12.3 Å². The Morgan fingerprint density at radius 1 is 1.12 bits per heavy atom. The van der Waals surface area contributed by atoms with Crippen LogP contribution in [0.4, 0.5) is 24.8 Å². The quantitative estimate of drug-likeness (QED) is 0.624. The van der Waals surface area contributed by atoms with Gasteiger partial charge in [-0.3, -0.25) is 0 Å². The number of halogens is 3. The number of hydrogen-bond donors (Lipinski definition) is 1. The van der Waals surface area contributed by atoms with Crippen molar-refractivity contribution in [1.82, 2.24) is 15.2 Å². The molecule has 3 fully saturated rings. The molecule has 32 heavy (non-hydrogen) atoms. The molecule has 0 radical (unpaired) electrons. The number of fused-ring (bicyclic) bond motifs is 3. The average Bonchev–Trinajstić information content (AvgIpc) is 2.74. The van der Waals surface area contributed by atoms with Crippen molar-refractivity contribution in [3.05, 3.63) is 52.8 Å². The number of aromatic nitrogens is 3. The Balaban J connectivity index is 1.49. The Hall–Kier alpha value is -2.94. The first-order valence-corrected chi connectivity index (χ1v) is 10.7. The van der Waals surface area contributed by atoms with Crippen LogP contribution in [-0.4, -0.2) is 40.5 Å². The van der Waals surface area contributed by atoms with Crippen LogP contribution >= 0.6 is 0 Å². The van der Waals surface area contributed by atoms with Gasteiger partial charge in [0.25, 0.3) is 0 Å². The largest absolute Gasteiger partial charge is 0.416 e. The zero-order valence-corrected chi connectivity index (χ0v) is 18.1. The van der Waals surface area contributed by atoms with Crippen LogP contribution in [0.25, 0.3) is 10.8 Å². The van der Waals surface area contributed by atoms with Gasteiger partial charge in [0, 0.05) is 36.5 Å². The van der Waals surface area contributed by atoms with E-state index in [0.717, 1.165) is 47.9 Å². The van der Waals surface area contributed by atoms with Crippen LogP contribution in [0.5, 0.6) is 0 Å². The van der Waals surface area contributed by atoms with Crippen LogP contribution in [0.15, 0.2) is 30.5 Å². The minimum absolute atomic E-state index is 0.208. The summed E-state index contributed by atoms with van der Waals surface area (Å²) < 4.78 is 45.8. The van der Waals surface area contributed by atoms with Gasteiger partial charge < -0.3 is 15.0 Å². The van der Waals surface area contributed by atoms with Gasteiger partial charge >= 0.3 is 6.18 Å². The van der Waals surface area contributed by atoms with E-state index < -0.39 is 17.8 Å². The second-order valence-electron chi connectivity index (χ2n) is 8.63. The molecule has 1 aromatic carbocycles. The Labute approximate surface area is 183 Å². The maximum Gasteiger partial charge on any atom is 0.416 e. The van der Waals surface area contributed by atoms with Gasteiger partial charge in [-0.15, -0.1) is 5.10 Å². The summed E-state index contributed by atoms with van der Waals surface area (Å²) in [5.41, 5.74) is 0.898. The highest BCUT2D eigenvalue weighted by molar-refractivity contribution is 5.94. The molecule has 6 rings (SSSR count). The number of alkyl halides is 3. The van der Waals surface area contributed by atoms with Crippen LogP contribution in [0.3, 0.4) is 0 Å². The van der Waals surface area contributed by atoms with E-state index in [2.05, 4.69) is 25.4 Å². The lowest BCUT2D eigenvalue weighted by Crippen LogP contribution is -2.57. The number of benzene rings is 1. The molecule has 9 heteroatoms. The molecule has 0 aliphatic carbocycles. The topological polar surface area (TPSA) is 63.2 Å². The van der Waals surface area contributed by atoms with Crippen molar-refractivity contribution in [2.24, 2.45) is 0 Å². The van der Waals surface area contributed by atoms with Gasteiger partial charge in [-0.05, 0) is 44.0 Å². The molecule has 2 aromatic heterocycles. The second-order valence-corrected chi connectivity index (χ2v) is 8.63. The van der Waals surface area contributed by atoms with Gasteiger partial charge in [-0.2, -0.15) is 18.3 Å².